The first kappa shape index (κ1) is 22.9. The van der Waals surface area contributed by atoms with Crippen LogP contribution in [0, 0.1) is 0 Å². The van der Waals surface area contributed by atoms with Gasteiger partial charge in [0.2, 0.25) is 5.91 Å². The third kappa shape index (κ3) is 10.1. The Labute approximate surface area is 180 Å². The highest BCUT2D eigenvalue weighted by Crippen LogP contribution is 2.18. The summed E-state index contributed by atoms with van der Waals surface area (Å²) in [4.78, 5) is 12.0. The smallest absolute Gasteiger partial charge is 0.226 e. The number of thiocarbonyl (C=S) groups is 1. The van der Waals surface area contributed by atoms with Gasteiger partial charge in [0.1, 0.15) is 5.75 Å². The number of nitrogens with one attached hydrogen (secondary N) is 2. The van der Waals surface area contributed by atoms with Crippen molar-refractivity contribution in [3.8, 4) is 5.75 Å². The van der Waals surface area contributed by atoms with Crippen LogP contribution in [0.5, 0.6) is 5.75 Å². The van der Waals surface area contributed by atoms with Crippen LogP contribution < -0.4 is 15.4 Å². The minimum Gasteiger partial charge on any atom is -0.494 e. The second-order valence-electron chi connectivity index (χ2n) is 7.13. The van der Waals surface area contributed by atoms with Crippen LogP contribution in [-0.2, 0) is 11.2 Å². The molecule has 0 aromatic heterocycles. The number of hydrogen-bond donors (Lipinski definition) is 2. The minimum atomic E-state index is -0.0349. The Morgan fingerprint density at radius 2 is 1.76 bits per heavy atom. The lowest BCUT2D eigenvalue weighted by molar-refractivity contribution is -0.119. The Hall–Kier alpha value is -2.40. The highest BCUT2D eigenvalue weighted by Gasteiger charge is 2.05. The zero-order valence-electron chi connectivity index (χ0n) is 17.3. The Bertz CT molecular complexity index is 750. The van der Waals surface area contributed by atoms with Crippen LogP contribution in [0.4, 0.5) is 5.69 Å². The molecule has 156 valence electrons. The third-order valence-electron chi connectivity index (χ3n) is 4.57. The van der Waals surface area contributed by atoms with Crippen LogP contribution in [0.3, 0.4) is 0 Å². The maximum atomic E-state index is 12.0. The number of anilines is 1. The predicted molar refractivity (Wildman–Crippen MR) is 124 cm³/mol. The van der Waals surface area contributed by atoms with Crippen molar-refractivity contribution in [2.24, 2.45) is 0 Å². The summed E-state index contributed by atoms with van der Waals surface area (Å²) in [6.07, 6.45) is 8.07. The van der Waals surface area contributed by atoms with Crippen molar-refractivity contribution in [3.05, 3.63) is 60.2 Å². The maximum Gasteiger partial charge on any atom is 0.226 e. The number of ether oxygens (including phenoxy) is 1. The topological polar surface area (TPSA) is 50.4 Å². The van der Waals surface area contributed by atoms with E-state index >= 15 is 0 Å². The molecule has 0 saturated carbocycles. The lowest BCUT2D eigenvalue weighted by Gasteiger charge is -2.11. The molecule has 2 rings (SSSR count). The fourth-order valence-corrected chi connectivity index (χ4v) is 3.25. The first-order valence-corrected chi connectivity index (χ1v) is 11.0. The summed E-state index contributed by atoms with van der Waals surface area (Å²) < 4.78 is 5.85. The van der Waals surface area contributed by atoms with Gasteiger partial charge >= 0.3 is 0 Å². The van der Waals surface area contributed by atoms with Gasteiger partial charge in [-0.1, -0.05) is 69.0 Å². The molecule has 0 bridgehead atoms. The number of carbonyl (C=O) groups excluding carboxylic acids is 1. The number of rotatable bonds is 12. The van der Waals surface area contributed by atoms with Crippen molar-refractivity contribution >= 4 is 28.9 Å². The molecular weight excluding hydrogens is 380 g/mol. The van der Waals surface area contributed by atoms with Crippen LogP contribution in [0.2, 0.25) is 0 Å². The molecule has 0 radical (unpaired) electrons. The van der Waals surface area contributed by atoms with Crippen molar-refractivity contribution < 1.29 is 9.53 Å². The average molecular weight is 413 g/mol. The lowest BCUT2D eigenvalue weighted by Crippen LogP contribution is -2.33. The van der Waals surface area contributed by atoms with E-state index in [0.717, 1.165) is 37.1 Å². The SMILES string of the molecule is CCCCCCCC(=O)NC(=S)Nc1cccc(OCCCc2ccccc2)c1. The van der Waals surface area contributed by atoms with Gasteiger partial charge < -0.3 is 15.4 Å². The standard InChI is InChI=1S/C24H32N2O2S/c1-2-3-4-5-9-17-23(27)26-24(29)25-21-15-10-16-22(19-21)28-18-11-14-20-12-7-6-8-13-20/h6-8,10,12-13,15-16,19H,2-5,9,11,14,17-18H2,1H3,(H2,25,26,27,29). The van der Waals surface area contributed by atoms with Gasteiger partial charge in [0, 0.05) is 18.2 Å². The number of carbonyl (C=O) groups is 1. The van der Waals surface area contributed by atoms with E-state index in [1.807, 2.05) is 30.3 Å². The maximum absolute atomic E-state index is 12.0. The highest BCUT2D eigenvalue weighted by molar-refractivity contribution is 7.80. The highest BCUT2D eigenvalue weighted by atomic mass is 32.1. The Balaban J connectivity index is 1.67. The fourth-order valence-electron chi connectivity index (χ4n) is 3.02. The summed E-state index contributed by atoms with van der Waals surface area (Å²) >= 11 is 5.25. The molecule has 0 atom stereocenters. The molecule has 2 aromatic carbocycles. The summed E-state index contributed by atoms with van der Waals surface area (Å²) in [6, 6.07) is 18.0. The summed E-state index contributed by atoms with van der Waals surface area (Å²) in [5.41, 5.74) is 2.12. The van der Waals surface area contributed by atoms with Gasteiger partial charge in [-0.3, -0.25) is 4.79 Å². The van der Waals surface area contributed by atoms with Crippen LogP contribution >= 0.6 is 12.2 Å². The second-order valence-corrected chi connectivity index (χ2v) is 7.54. The quantitative estimate of drug-likeness (QED) is 0.338. The molecule has 4 nitrogen and oxygen atoms in total. The zero-order chi connectivity index (χ0) is 20.7. The summed E-state index contributed by atoms with van der Waals surface area (Å²) in [5, 5.41) is 6.13. The second kappa shape index (κ2) is 13.7. The van der Waals surface area contributed by atoms with Gasteiger partial charge in [0.25, 0.3) is 0 Å². The van der Waals surface area contributed by atoms with Crippen molar-refractivity contribution in [1.82, 2.24) is 5.32 Å². The van der Waals surface area contributed by atoms with E-state index in [0.29, 0.717) is 18.1 Å². The molecule has 2 N–H and O–H groups in total. The molecule has 1 amide bonds. The van der Waals surface area contributed by atoms with E-state index in [1.165, 1.54) is 24.8 Å². The van der Waals surface area contributed by atoms with Gasteiger partial charge in [-0.15, -0.1) is 0 Å². The summed E-state index contributed by atoms with van der Waals surface area (Å²) in [5.74, 6) is 0.750. The van der Waals surface area contributed by atoms with Crippen molar-refractivity contribution in [3.63, 3.8) is 0 Å². The first-order valence-electron chi connectivity index (χ1n) is 10.5. The molecule has 0 saturated heterocycles. The van der Waals surface area contributed by atoms with Crippen molar-refractivity contribution in [2.45, 2.75) is 58.3 Å². The Morgan fingerprint density at radius 1 is 0.966 bits per heavy atom. The summed E-state index contributed by atoms with van der Waals surface area (Å²) in [6.45, 7) is 2.83. The molecule has 5 heteroatoms. The molecule has 0 fully saturated rings. The fraction of sp³-hybridized carbons (Fsp3) is 0.417. The van der Waals surface area contributed by atoms with Crippen LogP contribution in [0.15, 0.2) is 54.6 Å². The van der Waals surface area contributed by atoms with Crippen molar-refractivity contribution in [2.75, 3.05) is 11.9 Å². The molecule has 0 unspecified atom stereocenters. The van der Waals surface area contributed by atoms with E-state index in [9.17, 15) is 4.79 Å². The van der Waals surface area contributed by atoms with Gasteiger partial charge in [-0.2, -0.15) is 0 Å². The van der Waals surface area contributed by atoms with Gasteiger partial charge in [0.05, 0.1) is 6.61 Å². The summed E-state index contributed by atoms with van der Waals surface area (Å²) in [7, 11) is 0. The molecule has 2 aromatic rings. The lowest BCUT2D eigenvalue weighted by atomic mass is 10.1. The van der Waals surface area contributed by atoms with Crippen LogP contribution in [0.1, 0.15) is 57.4 Å². The normalized spacial score (nSPS) is 10.4. The molecule has 29 heavy (non-hydrogen) atoms. The predicted octanol–water partition coefficient (Wildman–Crippen LogP) is 5.87. The molecule has 0 spiro atoms. The Morgan fingerprint density at radius 3 is 2.55 bits per heavy atom. The largest absolute Gasteiger partial charge is 0.494 e. The number of unbranched alkanes of at least 4 members (excludes halogenated alkanes) is 4. The van der Waals surface area contributed by atoms with Gasteiger partial charge in [-0.05, 0) is 49.2 Å². The van der Waals surface area contributed by atoms with Gasteiger partial charge in [-0.25, -0.2) is 0 Å². The molecular formula is C24H32N2O2S. The zero-order valence-corrected chi connectivity index (χ0v) is 18.1. The van der Waals surface area contributed by atoms with E-state index in [1.54, 1.807) is 0 Å². The van der Waals surface area contributed by atoms with Crippen LogP contribution in [-0.4, -0.2) is 17.6 Å². The number of benzene rings is 2. The third-order valence-corrected chi connectivity index (χ3v) is 4.78. The van der Waals surface area contributed by atoms with Crippen molar-refractivity contribution in [1.29, 1.82) is 0 Å². The van der Waals surface area contributed by atoms with E-state index < -0.39 is 0 Å². The number of amides is 1. The molecule has 0 aliphatic carbocycles. The van der Waals surface area contributed by atoms with Gasteiger partial charge in [0.15, 0.2) is 5.11 Å². The number of aryl methyl sites for hydroxylation is 1. The molecule has 0 heterocycles. The van der Waals surface area contributed by atoms with E-state index in [4.69, 9.17) is 17.0 Å². The van der Waals surface area contributed by atoms with E-state index in [-0.39, 0.29) is 5.91 Å². The molecule has 0 aliphatic heterocycles. The minimum absolute atomic E-state index is 0.0349. The Kier molecular flexibility index (Phi) is 10.8. The molecule has 0 aliphatic rings. The van der Waals surface area contributed by atoms with E-state index in [2.05, 4.69) is 41.8 Å². The number of hydrogen-bond acceptors (Lipinski definition) is 3. The first-order chi connectivity index (χ1) is 14.2. The average Bonchev–Trinajstić information content (AvgIpc) is 2.72. The van der Waals surface area contributed by atoms with Crippen LogP contribution in [0.25, 0.3) is 0 Å². The monoisotopic (exact) mass is 412 g/mol.